The fourth-order valence-electron chi connectivity index (χ4n) is 4.06. The van der Waals surface area contributed by atoms with Crippen molar-refractivity contribution in [2.45, 2.75) is 50.3 Å². The Balaban J connectivity index is 1.55. The van der Waals surface area contributed by atoms with E-state index in [1.54, 1.807) is 12.1 Å². The standard InChI is InChI=1S/C23H26F2N4O3/c1-32-21-9-2-13(10-17(21)25)11-20(22-27-18-8-3-14(24)12-19(18)28-22)29-23(31)26-15-4-6-16(30)7-5-15/h2-3,8-10,12,15-16,20,30H,4-7,11H2,1H3,(H,27,28)(H2,26,29,31)/t15?,16?,20-/m1/s1. The molecule has 1 fully saturated rings. The van der Waals surface area contributed by atoms with Crippen LogP contribution in [0.1, 0.15) is 43.1 Å². The van der Waals surface area contributed by atoms with E-state index in [0.717, 1.165) is 0 Å². The van der Waals surface area contributed by atoms with Crippen LogP contribution in [0, 0.1) is 11.6 Å². The van der Waals surface area contributed by atoms with Crippen LogP contribution in [-0.2, 0) is 6.42 Å². The Kier molecular flexibility index (Phi) is 6.55. The molecule has 170 valence electrons. The van der Waals surface area contributed by atoms with E-state index in [-0.39, 0.29) is 30.3 Å². The van der Waals surface area contributed by atoms with Gasteiger partial charge in [-0.25, -0.2) is 18.6 Å². The second-order valence-corrected chi connectivity index (χ2v) is 8.13. The number of H-pyrrole nitrogens is 1. The van der Waals surface area contributed by atoms with Crippen LogP contribution in [0.4, 0.5) is 13.6 Å². The fourth-order valence-corrected chi connectivity index (χ4v) is 4.06. The van der Waals surface area contributed by atoms with Gasteiger partial charge in [0.1, 0.15) is 11.6 Å². The molecule has 1 atom stereocenters. The van der Waals surface area contributed by atoms with Gasteiger partial charge in [0.05, 0.1) is 30.3 Å². The molecule has 4 N–H and O–H groups in total. The molecule has 7 nitrogen and oxygen atoms in total. The lowest BCUT2D eigenvalue weighted by molar-refractivity contribution is 0.117. The van der Waals surface area contributed by atoms with Crippen molar-refractivity contribution in [1.82, 2.24) is 20.6 Å². The van der Waals surface area contributed by atoms with Gasteiger partial charge in [-0.1, -0.05) is 6.07 Å². The molecule has 0 bridgehead atoms. The Hall–Kier alpha value is -3.20. The fraction of sp³-hybridized carbons (Fsp3) is 0.391. The number of halogens is 2. The first-order valence-electron chi connectivity index (χ1n) is 10.6. The summed E-state index contributed by atoms with van der Waals surface area (Å²) in [4.78, 5) is 20.3. The third kappa shape index (κ3) is 5.16. The number of urea groups is 1. The number of benzene rings is 2. The zero-order valence-corrected chi connectivity index (χ0v) is 17.7. The van der Waals surface area contributed by atoms with Crippen molar-refractivity contribution >= 4 is 17.1 Å². The van der Waals surface area contributed by atoms with Crippen LogP contribution in [0.5, 0.6) is 5.75 Å². The van der Waals surface area contributed by atoms with Gasteiger partial charge in [-0.05, 0) is 61.6 Å². The summed E-state index contributed by atoms with van der Waals surface area (Å²) in [5.41, 5.74) is 1.71. The average Bonchev–Trinajstić information content (AvgIpc) is 3.18. The molecule has 0 radical (unpaired) electrons. The molecule has 32 heavy (non-hydrogen) atoms. The lowest BCUT2D eigenvalue weighted by Gasteiger charge is -2.27. The molecule has 0 aliphatic heterocycles. The Bertz CT molecular complexity index is 1100. The molecule has 9 heteroatoms. The molecule has 3 aromatic rings. The number of aromatic nitrogens is 2. The van der Waals surface area contributed by atoms with E-state index in [9.17, 15) is 18.7 Å². The number of aromatic amines is 1. The van der Waals surface area contributed by atoms with Gasteiger partial charge < -0.3 is 25.5 Å². The Labute approximate surface area is 184 Å². The normalized spacial score (nSPS) is 19.5. The van der Waals surface area contributed by atoms with Crippen molar-refractivity contribution in [3.8, 4) is 5.75 Å². The number of hydrogen-bond acceptors (Lipinski definition) is 4. The molecule has 0 saturated heterocycles. The summed E-state index contributed by atoms with van der Waals surface area (Å²) in [6, 6.07) is 7.81. The van der Waals surface area contributed by atoms with Crippen molar-refractivity contribution in [3.05, 3.63) is 59.4 Å². The minimum Gasteiger partial charge on any atom is -0.494 e. The molecular weight excluding hydrogens is 418 g/mol. The number of methoxy groups -OCH3 is 1. The van der Waals surface area contributed by atoms with E-state index < -0.39 is 17.7 Å². The lowest BCUT2D eigenvalue weighted by atomic mass is 9.93. The quantitative estimate of drug-likeness (QED) is 0.466. The topological polar surface area (TPSA) is 99.3 Å². The van der Waals surface area contributed by atoms with Crippen molar-refractivity contribution < 1.29 is 23.4 Å². The lowest BCUT2D eigenvalue weighted by Crippen LogP contribution is -2.45. The Morgan fingerprint density at radius 3 is 2.72 bits per heavy atom. The van der Waals surface area contributed by atoms with E-state index >= 15 is 0 Å². The van der Waals surface area contributed by atoms with Crippen molar-refractivity contribution in [2.24, 2.45) is 0 Å². The number of fused-ring (bicyclic) bond motifs is 1. The van der Waals surface area contributed by atoms with Gasteiger partial charge in [0.15, 0.2) is 11.6 Å². The summed E-state index contributed by atoms with van der Waals surface area (Å²) in [6.07, 6.45) is 2.65. The number of amides is 2. The molecule has 1 saturated carbocycles. The number of hydrogen-bond donors (Lipinski definition) is 4. The highest BCUT2D eigenvalue weighted by Gasteiger charge is 2.24. The highest BCUT2D eigenvalue weighted by molar-refractivity contribution is 5.76. The van der Waals surface area contributed by atoms with E-state index in [1.807, 2.05) is 0 Å². The van der Waals surface area contributed by atoms with E-state index in [1.165, 1.54) is 31.4 Å². The van der Waals surface area contributed by atoms with E-state index in [4.69, 9.17) is 4.74 Å². The van der Waals surface area contributed by atoms with Crippen LogP contribution in [0.3, 0.4) is 0 Å². The number of nitrogens with one attached hydrogen (secondary N) is 3. The zero-order chi connectivity index (χ0) is 22.7. The van der Waals surface area contributed by atoms with Crippen LogP contribution in [0.25, 0.3) is 11.0 Å². The third-order valence-corrected chi connectivity index (χ3v) is 5.79. The molecular formula is C23H26F2N4O3. The molecule has 1 aromatic heterocycles. The second-order valence-electron chi connectivity index (χ2n) is 8.13. The number of rotatable bonds is 6. The maximum absolute atomic E-state index is 14.2. The van der Waals surface area contributed by atoms with Crippen LogP contribution in [0.15, 0.2) is 36.4 Å². The van der Waals surface area contributed by atoms with E-state index in [2.05, 4.69) is 20.6 Å². The Morgan fingerprint density at radius 2 is 2.00 bits per heavy atom. The third-order valence-electron chi connectivity index (χ3n) is 5.79. The second kappa shape index (κ2) is 9.52. The smallest absolute Gasteiger partial charge is 0.315 e. The van der Waals surface area contributed by atoms with Crippen molar-refractivity contribution in [1.29, 1.82) is 0 Å². The molecule has 4 rings (SSSR count). The zero-order valence-electron chi connectivity index (χ0n) is 17.7. The summed E-state index contributed by atoms with van der Waals surface area (Å²) < 4.78 is 32.8. The summed E-state index contributed by atoms with van der Waals surface area (Å²) in [5.74, 6) is -0.321. The summed E-state index contributed by atoms with van der Waals surface area (Å²) >= 11 is 0. The minimum atomic E-state index is -0.604. The summed E-state index contributed by atoms with van der Waals surface area (Å²) in [7, 11) is 1.39. The van der Waals surface area contributed by atoms with Gasteiger partial charge in [-0.2, -0.15) is 0 Å². The predicted octanol–water partition coefficient (Wildman–Crippen LogP) is 3.74. The molecule has 1 aliphatic carbocycles. The van der Waals surface area contributed by atoms with E-state index in [0.29, 0.717) is 48.1 Å². The first-order valence-corrected chi connectivity index (χ1v) is 10.6. The van der Waals surface area contributed by atoms with Gasteiger partial charge >= 0.3 is 6.03 Å². The SMILES string of the molecule is COc1ccc(C[C@@H](NC(=O)NC2CCC(O)CC2)c2nc3ccc(F)cc3[nH]2)cc1F. The molecule has 1 aliphatic rings. The maximum atomic E-state index is 14.2. The molecule has 2 amide bonds. The summed E-state index contributed by atoms with van der Waals surface area (Å²) in [5, 5.41) is 15.5. The highest BCUT2D eigenvalue weighted by atomic mass is 19.1. The number of carbonyl (C=O) groups is 1. The molecule has 1 heterocycles. The van der Waals surface area contributed by atoms with Crippen LogP contribution in [0.2, 0.25) is 0 Å². The van der Waals surface area contributed by atoms with Crippen LogP contribution >= 0.6 is 0 Å². The molecule has 0 unspecified atom stereocenters. The number of nitrogens with zero attached hydrogens (tertiary/aromatic N) is 1. The highest BCUT2D eigenvalue weighted by Crippen LogP contribution is 2.24. The number of carbonyl (C=O) groups excluding carboxylic acids is 1. The molecule has 0 spiro atoms. The van der Waals surface area contributed by atoms with Crippen LogP contribution < -0.4 is 15.4 Å². The molecule has 2 aromatic carbocycles. The Morgan fingerprint density at radius 1 is 1.22 bits per heavy atom. The van der Waals surface area contributed by atoms with Gasteiger partial charge in [0.25, 0.3) is 0 Å². The largest absolute Gasteiger partial charge is 0.494 e. The van der Waals surface area contributed by atoms with Gasteiger partial charge in [0.2, 0.25) is 0 Å². The van der Waals surface area contributed by atoms with Crippen molar-refractivity contribution in [2.75, 3.05) is 7.11 Å². The van der Waals surface area contributed by atoms with Crippen LogP contribution in [-0.4, -0.2) is 40.4 Å². The first-order chi connectivity index (χ1) is 15.4. The maximum Gasteiger partial charge on any atom is 0.315 e. The predicted molar refractivity (Wildman–Crippen MR) is 115 cm³/mol. The van der Waals surface area contributed by atoms with Gasteiger partial charge in [0, 0.05) is 12.5 Å². The first kappa shape index (κ1) is 22.0. The monoisotopic (exact) mass is 444 g/mol. The number of imidazole rings is 1. The van der Waals surface area contributed by atoms with Crippen molar-refractivity contribution in [3.63, 3.8) is 0 Å². The summed E-state index contributed by atoms with van der Waals surface area (Å²) in [6.45, 7) is 0. The van der Waals surface area contributed by atoms with Gasteiger partial charge in [-0.3, -0.25) is 0 Å². The number of ether oxygens (including phenoxy) is 1. The average molecular weight is 444 g/mol. The number of aliphatic hydroxyl groups excluding tert-OH is 1. The minimum absolute atomic E-state index is 0.0257. The number of aliphatic hydroxyl groups is 1. The van der Waals surface area contributed by atoms with Gasteiger partial charge in [-0.15, -0.1) is 0 Å².